The molecule has 54 valence electrons. The van der Waals surface area contributed by atoms with E-state index >= 15 is 0 Å². The number of nitrogens with zero attached hydrogens (tertiary/aromatic N) is 1. The van der Waals surface area contributed by atoms with Crippen LogP contribution in [0.1, 0.15) is 6.92 Å². The van der Waals surface area contributed by atoms with E-state index in [1.54, 1.807) is 0 Å². The van der Waals surface area contributed by atoms with Crippen molar-refractivity contribution in [3.63, 3.8) is 0 Å². The Kier molecular flexibility index (Phi) is 3.73. The van der Waals surface area contributed by atoms with Gasteiger partial charge in [-0.25, -0.2) is 4.79 Å². The molecule has 1 N–H and O–H groups in total. The Morgan fingerprint density at radius 3 is 2.90 bits per heavy atom. The maximum atomic E-state index is 10.5. The van der Waals surface area contributed by atoms with E-state index in [-0.39, 0.29) is 12.3 Å². The van der Waals surface area contributed by atoms with Crippen molar-refractivity contribution >= 4 is 11.7 Å². The molecule has 0 aromatic rings. The summed E-state index contributed by atoms with van der Waals surface area (Å²) in [6.07, 6.45) is 4.79. The molecule has 0 aliphatic heterocycles. The van der Waals surface area contributed by atoms with Crippen LogP contribution < -0.4 is 0 Å². The molecule has 4 heteroatoms. The van der Waals surface area contributed by atoms with Crippen molar-refractivity contribution in [2.24, 2.45) is 5.16 Å². The first kappa shape index (κ1) is 8.50. The van der Waals surface area contributed by atoms with Crippen molar-refractivity contribution in [3.8, 4) is 12.3 Å². The van der Waals surface area contributed by atoms with Gasteiger partial charge in [-0.3, -0.25) is 0 Å². The Morgan fingerprint density at radius 2 is 2.50 bits per heavy atom. The molecular formula is C6H7NO3. The second kappa shape index (κ2) is 4.39. The van der Waals surface area contributed by atoms with E-state index in [9.17, 15) is 4.79 Å². The first-order valence-corrected chi connectivity index (χ1v) is 2.51. The zero-order valence-electron chi connectivity index (χ0n) is 5.50. The topological polar surface area (TPSA) is 58.9 Å². The highest BCUT2D eigenvalue weighted by Crippen LogP contribution is 1.81. The summed E-state index contributed by atoms with van der Waals surface area (Å²) in [4.78, 5) is 10.5. The van der Waals surface area contributed by atoms with Gasteiger partial charge in [0.1, 0.15) is 0 Å². The Hall–Kier alpha value is -1.50. The minimum atomic E-state index is -0.708. The Bertz CT molecular complexity index is 190. The highest BCUT2D eigenvalue weighted by atomic mass is 16.5. The predicted molar refractivity (Wildman–Crippen MR) is 34.7 cm³/mol. The van der Waals surface area contributed by atoms with E-state index in [0.29, 0.717) is 0 Å². The lowest BCUT2D eigenvalue weighted by atomic mass is 10.4. The molecule has 0 saturated heterocycles. The molecule has 0 aliphatic rings. The molecule has 0 bridgehead atoms. The minimum absolute atomic E-state index is 0.105. The predicted octanol–water partition coefficient (Wildman–Crippen LogP) is 0.0129. The van der Waals surface area contributed by atoms with Crippen LogP contribution in [0.2, 0.25) is 0 Å². The number of terminal acetylenes is 1. The fourth-order valence-corrected chi connectivity index (χ4v) is 0.252. The molecule has 0 atom stereocenters. The lowest BCUT2D eigenvalue weighted by molar-refractivity contribution is -0.134. The summed E-state index contributed by atoms with van der Waals surface area (Å²) < 4.78 is 4.38. The third-order valence-electron chi connectivity index (χ3n) is 0.732. The van der Waals surface area contributed by atoms with E-state index in [1.807, 2.05) is 0 Å². The van der Waals surface area contributed by atoms with Crippen molar-refractivity contribution in [1.82, 2.24) is 0 Å². The van der Waals surface area contributed by atoms with Crippen molar-refractivity contribution in [2.75, 3.05) is 6.61 Å². The lowest BCUT2D eigenvalue weighted by Gasteiger charge is -1.95. The number of hydrogen-bond acceptors (Lipinski definition) is 4. The van der Waals surface area contributed by atoms with Crippen LogP contribution in [0.5, 0.6) is 0 Å². The van der Waals surface area contributed by atoms with Crippen LogP contribution in [0, 0.1) is 12.3 Å². The molecule has 4 nitrogen and oxygen atoms in total. The van der Waals surface area contributed by atoms with Crippen molar-refractivity contribution in [1.29, 1.82) is 0 Å². The maximum absolute atomic E-state index is 10.5. The quantitative estimate of drug-likeness (QED) is 0.194. The van der Waals surface area contributed by atoms with Gasteiger partial charge in [-0.2, -0.15) is 0 Å². The summed E-state index contributed by atoms with van der Waals surface area (Å²) >= 11 is 0. The van der Waals surface area contributed by atoms with Gasteiger partial charge in [-0.05, 0) is 6.92 Å². The van der Waals surface area contributed by atoms with Crippen molar-refractivity contribution in [2.45, 2.75) is 6.92 Å². The Labute approximate surface area is 58.5 Å². The third-order valence-corrected chi connectivity index (χ3v) is 0.732. The van der Waals surface area contributed by atoms with Crippen LogP contribution in [0.25, 0.3) is 0 Å². The van der Waals surface area contributed by atoms with Gasteiger partial charge in [0.15, 0.2) is 12.3 Å². The van der Waals surface area contributed by atoms with Gasteiger partial charge in [-0.15, -0.1) is 6.42 Å². The van der Waals surface area contributed by atoms with Crippen LogP contribution in [-0.2, 0) is 9.53 Å². The standard InChI is InChI=1S/C6H7NO3/c1-3-4-10-6(8)5(2)7-9/h1,9H,4H2,2H3/b7-5+. The molecule has 0 heterocycles. The molecule has 0 aromatic carbocycles. The molecule has 0 unspecified atom stereocenters. The van der Waals surface area contributed by atoms with Gasteiger partial charge in [0, 0.05) is 0 Å². The molecule has 0 spiro atoms. The summed E-state index contributed by atoms with van der Waals surface area (Å²) in [5.74, 6) is 1.39. The molecule has 0 radical (unpaired) electrons. The van der Waals surface area contributed by atoms with Gasteiger partial charge in [0.05, 0.1) is 0 Å². The summed E-state index contributed by atoms with van der Waals surface area (Å²) in [6.45, 7) is 1.21. The van der Waals surface area contributed by atoms with Gasteiger partial charge in [-0.1, -0.05) is 11.1 Å². The summed E-state index contributed by atoms with van der Waals surface area (Å²) in [5.41, 5.74) is -0.116. The molecular weight excluding hydrogens is 134 g/mol. The fraction of sp³-hybridized carbons (Fsp3) is 0.333. The average molecular weight is 141 g/mol. The average Bonchev–Trinajstić information content (AvgIpc) is 1.98. The van der Waals surface area contributed by atoms with Gasteiger partial charge < -0.3 is 9.94 Å². The molecule has 0 aromatic heterocycles. The highest BCUT2D eigenvalue weighted by Gasteiger charge is 2.05. The number of rotatable bonds is 2. The molecule has 10 heavy (non-hydrogen) atoms. The fourth-order valence-electron chi connectivity index (χ4n) is 0.252. The molecule has 0 amide bonds. The van der Waals surface area contributed by atoms with E-state index in [1.165, 1.54) is 6.92 Å². The van der Waals surface area contributed by atoms with Crippen LogP contribution in [0.4, 0.5) is 0 Å². The second-order valence-electron chi connectivity index (χ2n) is 1.47. The maximum Gasteiger partial charge on any atom is 0.356 e. The van der Waals surface area contributed by atoms with Crippen LogP contribution in [0.15, 0.2) is 5.16 Å². The summed E-state index contributed by atoms with van der Waals surface area (Å²) in [7, 11) is 0. The van der Waals surface area contributed by atoms with Crippen LogP contribution in [-0.4, -0.2) is 23.5 Å². The normalized spacial score (nSPS) is 10.2. The number of carbonyl (C=O) groups is 1. The number of ether oxygens (including phenoxy) is 1. The zero-order chi connectivity index (χ0) is 7.98. The van der Waals surface area contributed by atoms with Crippen LogP contribution in [0.3, 0.4) is 0 Å². The number of hydrogen-bond donors (Lipinski definition) is 1. The smallest absolute Gasteiger partial charge is 0.356 e. The monoisotopic (exact) mass is 141 g/mol. The Morgan fingerprint density at radius 1 is 1.90 bits per heavy atom. The lowest BCUT2D eigenvalue weighted by Crippen LogP contribution is -2.14. The van der Waals surface area contributed by atoms with Gasteiger partial charge >= 0.3 is 5.97 Å². The van der Waals surface area contributed by atoms with E-state index in [4.69, 9.17) is 11.6 Å². The summed E-state index contributed by atoms with van der Waals surface area (Å²) in [6, 6.07) is 0. The first-order valence-electron chi connectivity index (χ1n) is 2.51. The SMILES string of the molecule is C#CCOC(=O)/C(C)=N/O. The number of esters is 1. The van der Waals surface area contributed by atoms with Gasteiger partial charge in [0.2, 0.25) is 0 Å². The van der Waals surface area contributed by atoms with E-state index in [2.05, 4.69) is 15.8 Å². The molecule has 0 fully saturated rings. The van der Waals surface area contributed by atoms with E-state index < -0.39 is 5.97 Å². The first-order chi connectivity index (χ1) is 4.72. The van der Waals surface area contributed by atoms with Crippen molar-refractivity contribution < 1.29 is 14.7 Å². The third kappa shape index (κ3) is 2.72. The second-order valence-corrected chi connectivity index (χ2v) is 1.47. The minimum Gasteiger partial charge on any atom is -0.448 e. The van der Waals surface area contributed by atoms with Crippen LogP contribution >= 0.6 is 0 Å². The largest absolute Gasteiger partial charge is 0.448 e. The van der Waals surface area contributed by atoms with E-state index in [0.717, 1.165) is 0 Å². The Balaban J connectivity index is 3.77. The molecule has 0 aliphatic carbocycles. The summed E-state index contributed by atoms with van der Waals surface area (Å²) in [5, 5.41) is 10.7. The number of carbonyl (C=O) groups excluding carboxylic acids is 1. The highest BCUT2D eigenvalue weighted by molar-refractivity contribution is 6.35. The zero-order valence-corrected chi connectivity index (χ0v) is 5.50. The van der Waals surface area contributed by atoms with Crippen molar-refractivity contribution in [3.05, 3.63) is 0 Å². The van der Waals surface area contributed by atoms with Gasteiger partial charge in [0.25, 0.3) is 0 Å². The molecule has 0 rings (SSSR count). The number of oxime groups is 1. The molecule has 0 saturated carbocycles.